The van der Waals surface area contributed by atoms with Crippen LogP contribution in [0.15, 0.2) is 36.4 Å². The van der Waals surface area contributed by atoms with Crippen LogP contribution in [0.2, 0.25) is 0 Å². The second-order valence-corrected chi connectivity index (χ2v) is 10.1. The van der Waals surface area contributed by atoms with Gasteiger partial charge in [0.25, 0.3) is 0 Å². The third kappa shape index (κ3) is 3.56. The van der Waals surface area contributed by atoms with Gasteiger partial charge < -0.3 is 0 Å². The minimum absolute atomic E-state index is 0.399. The number of aryl methyl sites for hydroxylation is 1. The molecule has 2 aliphatic rings. The molecule has 132 valence electrons. The van der Waals surface area contributed by atoms with Crippen LogP contribution in [0.1, 0.15) is 58.7 Å². The molecule has 4 rings (SSSR count). The summed E-state index contributed by atoms with van der Waals surface area (Å²) < 4.78 is 1.51. The zero-order valence-corrected chi connectivity index (χ0v) is 19.2. The van der Waals surface area contributed by atoms with Crippen LogP contribution in [-0.4, -0.2) is 3.21 Å². The van der Waals surface area contributed by atoms with E-state index in [0.717, 1.165) is 6.42 Å². The molecule has 0 atom stereocenters. The van der Waals surface area contributed by atoms with Crippen LogP contribution in [0.3, 0.4) is 0 Å². The number of fused-ring (bicyclic) bond motifs is 3. The van der Waals surface area contributed by atoms with E-state index in [1.165, 1.54) is 53.3 Å². The van der Waals surface area contributed by atoms with Crippen molar-refractivity contribution in [1.82, 2.24) is 0 Å². The van der Waals surface area contributed by atoms with Crippen molar-refractivity contribution in [2.45, 2.75) is 53.9 Å². The van der Waals surface area contributed by atoms with Crippen molar-refractivity contribution in [3.8, 4) is 11.1 Å². The zero-order valence-electron chi connectivity index (χ0n) is 16.7. The first kappa shape index (κ1) is 19.4. The van der Waals surface area contributed by atoms with Gasteiger partial charge in [0.05, 0.1) is 0 Å². The van der Waals surface area contributed by atoms with E-state index in [9.17, 15) is 0 Å². The molecule has 0 aromatic heterocycles. The van der Waals surface area contributed by atoms with Gasteiger partial charge in [-0.2, -0.15) is 11.6 Å². The van der Waals surface area contributed by atoms with Gasteiger partial charge in [-0.1, -0.05) is 61.4 Å². The van der Waals surface area contributed by atoms with Crippen molar-refractivity contribution >= 4 is 3.21 Å². The fourth-order valence-corrected chi connectivity index (χ4v) is 3.92. The first-order chi connectivity index (χ1) is 12.3. The molecule has 0 radical (unpaired) electrons. The molecule has 2 aromatic rings. The molecular formula is C25H27Zr-. The summed E-state index contributed by atoms with van der Waals surface area (Å²) in [4.78, 5) is 0. The Morgan fingerprint density at radius 1 is 0.923 bits per heavy atom. The van der Waals surface area contributed by atoms with Crippen LogP contribution in [0, 0.1) is 33.8 Å². The van der Waals surface area contributed by atoms with E-state index < -0.39 is 0 Å². The number of hydrogen-bond donors (Lipinski definition) is 0. The Bertz CT molecular complexity index is 925. The van der Waals surface area contributed by atoms with Gasteiger partial charge in [0.1, 0.15) is 0 Å². The first-order valence-electron chi connectivity index (χ1n) is 9.32. The van der Waals surface area contributed by atoms with Gasteiger partial charge in [0.2, 0.25) is 0 Å². The Hall–Kier alpha value is -1.33. The number of hydrogen-bond acceptors (Lipinski definition) is 0. The molecule has 0 N–H and O–H groups in total. The van der Waals surface area contributed by atoms with E-state index in [2.05, 4.69) is 84.0 Å². The van der Waals surface area contributed by atoms with Crippen molar-refractivity contribution in [2.75, 3.05) is 0 Å². The molecule has 2 aromatic carbocycles. The molecule has 2 aliphatic carbocycles. The predicted octanol–water partition coefficient (Wildman–Crippen LogP) is 6.25. The molecule has 1 heteroatoms. The Morgan fingerprint density at radius 3 is 2.15 bits per heavy atom. The molecule has 0 amide bonds. The molecule has 26 heavy (non-hydrogen) atoms. The fraction of sp³-hybridized carbons (Fsp3) is 0.320. The van der Waals surface area contributed by atoms with Gasteiger partial charge in [-0.15, -0.1) is 22.3 Å². The largest absolute Gasteiger partial charge is 0.175 e. The molecule has 0 unspecified atom stereocenters. The van der Waals surface area contributed by atoms with Gasteiger partial charge >= 0.3 is 41.3 Å². The van der Waals surface area contributed by atoms with E-state index in [-0.39, 0.29) is 0 Å². The molecule has 0 spiro atoms. The number of rotatable bonds is 1. The molecule has 0 saturated carbocycles. The maximum atomic E-state index is 3.77. The van der Waals surface area contributed by atoms with Crippen molar-refractivity contribution in [3.05, 3.63) is 81.4 Å². The topological polar surface area (TPSA) is 0 Å². The maximum Gasteiger partial charge on any atom is -0.00191 e. The van der Waals surface area contributed by atoms with Crippen LogP contribution in [0.4, 0.5) is 0 Å². The summed E-state index contributed by atoms with van der Waals surface area (Å²) in [6, 6.07) is 8.32. The molecule has 0 aliphatic heterocycles. The maximum absolute atomic E-state index is 3.77. The summed E-state index contributed by atoms with van der Waals surface area (Å²) in [6.07, 6.45) is 9.84. The zero-order chi connectivity index (χ0) is 19.0. The monoisotopic (exact) mass is 417 g/mol. The second kappa shape index (κ2) is 7.73. The van der Waals surface area contributed by atoms with Gasteiger partial charge in [0, 0.05) is 0 Å². The Labute approximate surface area is 173 Å². The third-order valence-electron chi connectivity index (χ3n) is 5.45. The van der Waals surface area contributed by atoms with Crippen LogP contribution >= 0.6 is 0 Å². The molecule has 0 bridgehead atoms. The van der Waals surface area contributed by atoms with E-state index in [0.29, 0.717) is 5.92 Å². The van der Waals surface area contributed by atoms with Gasteiger partial charge in [0.15, 0.2) is 0 Å². The summed E-state index contributed by atoms with van der Waals surface area (Å²) in [5.74, 6) is 0.399. The van der Waals surface area contributed by atoms with E-state index in [1.54, 1.807) is 24.2 Å². The van der Waals surface area contributed by atoms with Crippen molar-refractivity contribution in [1.29, 1.82) is 0 Å². The molecule has 0 fully saturated rings. The first-order valence-corrected chi connectivity index (χ1v) is 10.6. The van der Waals surface area contributed by atoms with Crippen molar-refractivity contribution in [2.24, 2.45) is 0 Å². The minimum Gasteiger partial charge on any atom is -0.175 e. The summed E-state index contributed by atoms with van der Waals surface area (Å²) in [7, 11) is 0. The third-order valence-corrected chi connectivity index (χ3v) is 5.45. The molecular weight excluding hydrogens is 391 g/mol. The number of allylic oxidation sites excluding steroid dienone is 4. The number of benzene rings is 2. The van der Waals surface area contributed by atoms with Crippen LogP contribution in [0.25, 0.3) is 11.1 Å². The van der Waals surface area contributed by atoms with Crippen molar-refractivity contribution in [3.63, 3.8) is 0 Å². The normalized spacial score (nSPS) is 14.0. The smallest absolute Gasteiger partial charge is 0.00191 e. The summed E-state index contributed by atoms with van der Waals surface area (Å²) in [6.45, 7) is 13.3. The predicted molar refractivity (Wildman–Crippen MR) is 110 cm³/mol. The Morgan fingerprint density at radius 2 is 1.54 bits per heavy atom. The molecule has 0 heterocycles. The molecule has 0 saturated heterocycles. The standard InChI is InChI=1S/C22H21.C3H6.Zr/c1-13-9-10-18-11-19-12-20(17-7-5-6-8-17)15(3)16(4)22(19)21(18)14(13)2;1-3-2;/h5-10,17H,11H2,1-4H3;1-2H3;/q-1;;. The minimum atomic E-state index is 0.399. The summed E-state index contributed by atoms with van der Waals surface area (Å²) in [5.41, 5.74) is 12.8. The summed E-state index contributed by atoms with van der Waals surface area (Å²) in [5, 5.41) is 0. The summed E-state index contributed by atoms with van der Waals surface area (Å²) >= 11 is 1.55. The van der Waals surface area contributed by atoms with Gasteiger partial charge in [-0.3, -0.25) is 0 Å². The van der Waals surface area contributed by atoms with Crippen molar-refractivity contribution < 1.29 is 24.2 Å². The second-order valence-electron chi connectivity index (χ2n) is 7.66. The fourth-order valence-electron chi connectivity index (χ4n) is 3.92. The van der Waals surface area contributed by atoms with Gasteiger partial charge in [-0.25, -0.2) is 0 Å². The quantitative estimate of drug-likeness (QED) is 0.410. The van der Waals surface area contributed by atoms with Crippen LogP contribution in [0.5, 0.6) is 0 Å². The van der Waals surface area contributed by atoms with Gasteiger partial charge in [-0.05, 0) is 37.3 Å². The van der Waals surface area contributed by atoms with E-state index in [4.69, 9.17) is 0 Å². The van der Waals surface area contributed by atoms with E-state index in [1.807, 2.05) is 0 Å². The van der Waals surface area contributed by atoms with Crippen LogP contribution < -0.4 is 0 Å². The Kier molecular flexibility index (Phi) is 5.78. The average Bonchev–Trinajstić information content (AvgIpc) is 3.21. The van der Waals surface area contributed by atoms with Crippen LogP contribution in [-0.2, 0) is 30.7 Å². The Balaban J connectivity index is 0.000000447. The average molecular weight is 419 g/mol. The van der Waals surface area contributed by atoms with E-state index >= 15 is 0 Å². The molecule has 0 nitrogen and oxygen atoms in total. The SMILES string of the molecule is C[C](C)=[Zr].Cc1ccc2c(c1C)-c1c([c-]c(C3C=CC=C3)c(C)c1C)C2.